The minimum absolute atomic E-state index is 0.0275. The Labute approximate surface area is 121 Å². The smallest absolute Gasteiger partial charge is 0.306 e. The first-order valence-corrected chi connectivity index (χ1v) is 6.98. The topological polar surface area (TPSA) is 96.6 Å². The first-order valence-electron chi connectivity index (χ1n) is 6.98. The number of rotatable bonds is 3. The van der Waals surface area contributed by atoms with Crippen molar-refractivity contribution in [1.82, 2.24) is 20.1 Å². The summed E-state index contributed by atoms with van der Waals surface area (Å²) in [5.74, 6) is -1.20. The lowest BCUT2D eigenvalue weighted by Crippen LogP contribution is -2.38. The van der Waals surface area contributed by atoms with Gasteiger partial charge in [-0.3, -0.25) is 9.59 Å². The summed E-state index contributed by atoms with van der Waals surface area (Å²) >= 11 is 0. The van der Waals surface area contributed by atoms with Crippen molar-refractivity contribution in [3.63, 3.8) is 0 Å². The molecule has 1 amide bonds. The van der Waals surface area contributed by atoms with Gasteiger partial charge in [-0.25, -0.2) is 0 Å². The van der Waals surface area contributed by atoms with Crippen molar-refractivity contribution in [2.75, 3.05) is 0 Å². The Kier molecular flexibility index (Phi) is 3.55. The SMILES string of the molecule is O=C(NC1CCC(C(=O)O)CC1)c1cnn2ncccc12. The third-order valence-electron chi connectivity index (χ3n) is 3.96. The second kappa shape index (κ2) is 5.51. The molecule has 0 atom stereocenters. The summed E-state index contributed by atoms with van der Waals surface area (Å²) in [6, 6.07) is 3.57. The van der Waals surface area contributed by atoms with Crippen molar-refractivity contribution >= 4 is 17.4 Å². The standard InChI is InChI=1S/C14H16N4O3/c19-13(11-8-16-18-12(11)2-1-7-15-18)17-10-5-3-9(4-6-10)14(20)21/h1-2,7-10H,3-6H2,(H,17,19)(H,20,21). The van der Waals surface area contributed by atoms with E-state index in [0.717, 1.165) is 0 Å². The number of aromatic nitrogens is 3. The molecule has 1 aliphatic carbocycles. The summed E-state index contributed by atoms with van der Waals surface area (Å²) in [5.41, 5.74) is 1.15. The molecule has 0 aliphatic heterocycles. The van der Waals surface area contributed by atoms with Crippen molar-refractivity contribution in [2.45, 2.75) is 31.7 Å². The number of carbonyl (C=O) groups excluding carboxylic acids is 1. The summed E-state index contributed by atoms with van der Waals surface area (Å²) < 4.78 is 1.41. The average molecular weight is 288 g/mol. The fraction of sp³-hybridized carbons (Fsp3) is 0.429. The molecule has 7 nitrogen and oxygen atoms in total. The molecule has 2 aromatic rings. The summed E-state index contributed by atoms with van der Waals surface area (Å²) in [5, 5.41) is 20.0. The Morgan fingerprint density at radius 2 is 2.00 bits per heavy atom. The molecule has 21 heavy (non-hydrogen) atoms. The second-order valence-corrected chi connectivity index (χ2v) is 5.32. The lowest BCUT2D eigenvalue weighted by molar-refractivity contribution is -0.142. The van der Waals surface area contributed by atoms with E-state index in [1.165, 1.54) is 10.8 Å². The monoisotopic (exact) mass is 288 g/mol. The molecule has 7 heteroatoms. The number of aliphatic carboxylic acids is 1. The summed E-state index contributed by atoms with van der Waals surface area (Å²) in [4.78, 5) is 23.2. The van der Waals surface area contributed by atoms with Crippen LogP contribution in [0.1, 0.15) is 36.0 Å². The van der Waals surface area contributed by atoms with Crippen LogP contribution >= 0.6 is 0 Å². The Morgan fingerprint density at radius 3 is 2.71 bits per heavy atom. The Morgan fingerprint density at radius 1 is 1.24 bits per heavy atom. The van der Waals surface area contributed by atoms with Gasteiger partial charge in [0.25, 0.3) is 5.91 Å². The van der Waals surface area contributed by atoms with E-state index in [1.54, 1.807) is 18.3 Å². The second-order valence-electron chi connectivity index (χ2n) is 5.32. The van der Waals surface area contributed by atoms with Crippen LogP contribution in [0, 0.1) is 5.92 Å². The van der Waals surface area contributed by atoms with E-state index in [9.17, 15) is 9.59 Å². The minimum atomic E-state index is -0.742. The number of fused-ring (bicyclic) bond motifs is 1. The number of carboxylic acid groups (broad SMARTS) is 1. The molecular weight excluding hydrogens is 272 g/mol. The fourth-order valence-corrected chi connectivity index (χ4v) is 2.76. The molecule has 0 unspecified atom stereocenters. The first-order chi connectivity index (χ1) is 10.1. The van der Waals surface area contributed by atoms with E-state index in [-0.39, 0.29) is 17.9 Å². The van der Waals surface area contributed by atoms with Crippen molar-refractivity contribution in [2.24, 2.45) is 5.92 Å². The fourth-order valence-electron chi connectivity index (χ4n) is 2.76. The molecule has 0 aromatic carbocycles. The van der Waals surface area contributed by atoms with Crippen molar-refractivity contribution in [1.29, 1.82) is 0 Å². The first kappa shape index (κ1) is 13.5. The average Bonchev–Trinajstić information content (AvgIpc) is 2.92. The van der Waals surface area contributed by atoms with Gasteiger partial charge in [-0.05, 0) is 37.8 Å². The number of nitrogens with one attached hydrogen (secondary N) is 1. The molecule has 0 bridgehead atoms. The third kappa shape index (κ3) is 2.72. The predicted molar refractivity (Wildman–Crippen MR) is 73.8 cm³/mol. The highest BCUT2D eigenvalue weighted by Crippen LogP contribution is 2.24. The van der Waals surface area contributed by atoms with Gasteiger partial charge in [0, 0.05) is 12.2 Å². The lowest BCUT2D eigenvalue weighted by atomic mass is 9.86. The zero-order valence-electron chi connectivity index (χ0n) is 11.4. The molecule has 2 N–H and O–H groups in total. The Bertz CT molecular complexity index is 674. The molecule has 2 aromatic heterocycles. The highest BCUT2D eigenvalue weighted by molar-refractivity contribution is 6.00. The van der Waals surface area contributed by atoms with Crippen LogP contribution in [0.2, 0.25) is 0 Å². The maximum Gasteiger partial charge on any atom is 0.306 e. The maximum absolute atomic E-state index is 12.3. The number of nitrogens with zero attached hydrogens (tertiary/aromatic N) is 3. The molecule has 1 aliphatic rings. The largest absolute Gasteiger partial charge is 0.481 e. The number of hydrogen-bond acceptors (Lipinski definition) is 4. The van der Waals surface area contributed by atoms with Gasteiger partial charge < -0.3 is 10.4 Å². The van der Waals surface area contributed by atoms with Gasteiger partial charge in [-0.2, -0.15) is 14.8 Å². The van der Waals surface area contributed by atoms with E-state index in [4.69, 9.17) is 5.11 Å². The Balaban J connectivity index is 1.66. The molecular formula is C14H16N4O3. The van der Waals surface area contributed by atoms with E-state index >= 15 is 0 Å². The summed E-state index contributed by atoms with van der Waals surface area (Å²) in [6.45, 7) is 0. The van der Waals surface area contributed by atoms with Crippen LogP contribution in [0.3, 0.4) is 0 Å². The van der Waals surface area contributed by atoms with E-state index in [2.05, 4.69) is 15.5 Å². The van der Waals surface area contributed by atoms with Gasteiger partial charge in [0.05, 0.1) is 17.7 Å². The van der Waals surface area contributed by atoms with Gasteiger partial charge in [0.15, 0.2) is 0 Å². The summed E-state index contributed by atoms with van der Waals surface area (Å²) in [6.07, 6.45) is 5.71. The predicted octanol–water partition coefficient (Wildman–Crippen LogP) is 1.10. The number of carboxylic acids is 1. The Hall–Kier alpha value is -2.44. The van der Waals surface area contributed by atoms with Gasteiger partial charge in [0.2, 0.25) is 0 Å². The lowest BCUT2D eigenvalue weighted by Gasteiger charge is -2.26. The van der Waals surface area contributed by atoms with Crippen molar-refractivity contribution < 1.29 is 14.7 Å². The van der Waals surface area contributed by atoms with Gasteiger partial charge in [-0.1, -0.05) is 0 Å². The van der Waals surface area contributed by atoms with E-state index in [1.807, 2.05) is 0 Å². The normalized spacial score (nSPS) is 22.1. The van der Waals surface area contributed by atoms with Crippen LogP contribution in [0.15, 0.2) is 24.5 Å². The van der Waals surface area contributed by atoms with Crippen LogP contribution in [0.5, 0.6) is 0 Å². The highest BCUT2D eigenvalue weighted by atomic mass is 16.4. The molecule has 0 spiro atoms. The van der Waals surface area contributed by atoms with Crippen LogP contribution in [-0.4, -0.2) is 37.9 Å². The molecule has 3 rings (SSSR count). The van der Waals surface area contributed by atoms with Crippen LogP contribution in [0.25, 0.3) is 5.52 Å². The molecule has 0 radical (unpaired) electrons. The van der Waals surface area contributed by atoms with Gasteiger partial charge >= 0.3 is 5.97 Å². The molecule has 1 saturated carbocycles. The van der Waals surface area contributed by atoms with Crippen LogP contribution in [-0.2, 0) is 4.79 Å². The molecule has 0 saturated heterocycles. The van der Waals surface area contributed by atoms with E-state index < -0.39 is 5.97 Å². The minimum Gasteiger partial charge on any atom is -0.481 e. The summed E-state index contributed by atoms with van der Waals surface area (Å²) in [7, 11) is 0. The van der Waals surface area contributed by atoms with Gasteiger partial charge in [-0.15, -0.1) is 0 Å². The quantitative estimate of drug-likeness (QED) is 0.881. The van der Waals surface area contributed by atoms with Crippen molar-refractivity contribution in [3.05, 3.63) is 30.1 Å². The maximum atomic E-state index is 12.3. The number of hydrogen-bond donors (Lipinski definition) is 2. The van der Waals surface area contributed by atoms with Gasteiger partial charge in [0.1, 0.15) is 5.52 Å². The highest BCUT2D eigenvalue weighted by Gasteiger charge is 2.27. The van der Waals surface area contributed by atoms with Crippen molar-refractivity contribution in [3.8, 4) is 0 Å². The zero-order chi connectivity index (χ0) is 14.8. The third-order valence-corrected chi connectivity index (χ3v) is 3.96. The number of carbonyl (C=O) groups is 2. The molecule has 2 heterocycles. The molecule has 110 valence electrons. The molecule has 1 fully saturated rings. The number of amides is 1. The van der Waals surface area contributed by atoms with E-state index in [0.29, 0.717) is 36.8 Å². The van der Waals surface area contributed by atoms with Crippen LogP contribution in [0.4, 0.5) is 0 Å². The zero-order valence-corrected chi connectivity index (χ0v) is 11.4. The van der Waals surface area contributed by atoms with Crippen LogP contribution < -0.4 is 5.32 Å².